The van der Waals surface area contributed by atoms with Crippen molar-refractivity contribution < 1.29 is 14.7 Å². The van der Waals surface area contributed by atoms with Gasteiger partial charge in [-0.05, 0) is 35.9 Å². The largest absolute Gasteiger partial charge is 0.478 e. The summed E-state index contributed by atoms with van der Waals surface area (Å²) < 4.78 is 0. The smallest absolute Gasteiger partial charge is 0.335 e. The molecule has 6 heteroatoms. The van der Waals surface area contributed by atoms with Gasteiger partial charge in [-0.15, -0.1) is 0 Å². The molecule has 0 spiro atoms. The maximum Gasteiger partial charge on any atom is 0.335 e. The van der Waals surface area contributed by atoms with Crippen LogP contribution < -0.4 is 0 Å². The van der Waals surface area contributed by atoms with Crippen LogP contribution in [-0.4, -0.2) is 21.9 Å². The first-order valence-corrected chi connectivity index (χ1v) is 7.21. The summed E-state index contributed by atoms with van der Waals surface area (Å²) in [7, 11) is 0. The van der Waals surface area contributed by atoms with E-state index < -0.39 is 12.0 Å². The molecule has 1 amide bonds. The molecule has 2 aromatic carbocycles. The van der Waals surface area contributed by atoms with Gasteiger partial charge in [0.15, 0.2) is 0 Å². The molecular weight excluding hydrogens is 316 g/mol. The van der Waals surface area contributed by atoms with Gasteiger partial charge in [0.2, 0.25) is 0 Å². The maximum atomic E-state index is 12.5. The van der Waals surface area contributed by atoms with Crippen molar-refractivity contribution in [2.45, 2.75) is 12.6 Å². The summed E-state index contributed by atoms with van der Waals surface area (Å²) in [4.78, 5) is 24.8. The lowest BCUT2D eigenvalue weighted by Crippen LogP contribution is -2.26. The zero-order chi connectivity index (χ0) is 16.6. The van der Waals surface area contributed by atoms with Crippen LogP contribution in [0.15, 0.2) is 42.5 Å². The Bertz CT molecular complexity index is 840. The zero-order valence-corrected chi connectivity index (χ0v) is 12.6. The van der Waals surface area contributed by atoms with Crippen molar-refractivity contribution in [1.82, 2.24) is 4.90 Å². The van der Waals surface area contributed by atoms with Crippen molar-refractivity contribution >= 4 is 23.5 Å². The van der Waals surface area contributed by atoms with Gasteiger partial charge >= 0.3 is 5.97 Å². The molecule has 23 heavy (non-hydrogen) atoms. The third-order valence-corrected chi connectivity index (χ3v) is 4.02. The summed E-state index contributed by atoms with van der Waals surface area (Å²) >= 11 is 5.95. The summed E-state index contributed by atoms with van der Waals surface area (Å²) in [5.74, 6) is -1.24. The summed E-state index contributed by atoms with van der Waals surface area (Å²) in [6.45, 7) is 0.225. The van der Waals surface area contributed by atoms with Crippen LogP contribution in [0.3, 0.4) is 0 Å². The second kappa shape index (κ2) is 5.75. The predicted molar refractivity (Wildman–Crippen MR) is 83.1 cm³/mol. The number of benzene rings is 2. The fourth-order valence-electron chi connectivity index (χ4n) is 2.65. The molecule has 0 saturated heterocycles. The lowest BCUT2D eigenvalue weighted by Gasteiger charge is -2.20. The van der Waals surface area contributed by atoms with E-state index in [1.165, 1.54) is 17.0 Å². The predicted octanol–water partition coefficient (Wildman–Crippen LogP) is 3.26. The van der Waals surface area contributed by atoms with E-state index in [4.69, 9.17) is 16.7 Å². The lowest BCUT2D eigenvalue weighted by molar-refractivity contribution is 0.0694. The Balaban J connectivity index is 1.90. The van der Waals surface area contributed by atoms with Crippen molar-refractivity contribution in [3.63, 3.8) is 0 Å². The molecule has 5 nitrogen and oxygen atoms in total. The Labute approximate surface area is 137 Å². The molecular formula is C17H11ClN2O3. The molecule has 1 N–H and O–H groups in total. The number of amides is 1. The molecule has 1 aliphatic heterocycles. The number of fused-ring (bicyclic) bond motifs is 1. The van der Waals surface area contributed by atoms with E-state index in [1.54, 1.807) is 30.3 Å². The standard InChI is InChI=1S/C17H11ClN2O3/c18-12-5-6-13-14(7-12)15(8-19)20(16(13)21)9-10-1-3-11(4-2-10)17(22)23/h1-7,15H,9H2,(H,22,23). The first-order chi connectivity index (χ1) is 11.0. The summed E-state index contributed by atoms with van der Waals surface area (Å²) in [6, 6.07) is 12.5. The Morgan fingerprint density at radius 2 is 1.96 bits per heavy atom. The number of rotatable bonds is 3. The number of carbonyl (C=O) groups excluding carboxylic acids is 1. The Morgan fingerprint density at radius 3 is 2.57 bits per heavy atom. The van der Waals surface area contributed by atoms with Gasteiger partial charge in [-0.1, -0.05) is 23.7 Å². The van der Waals surface area contributed by atoms with Crippen LogP contribution >= 0.6 is 11.6 Å². The van der Waals surface area contributed by atoms with E-state index in [-0.39, 0.29) is 18.0 Å². The minimum absolute atomic E-state index is 0.174. The van der Waals surface area contributed by atoms with E-state index in [1.807, 2.05) is 0 Å². The molecule has 0 aliphatic carbocycles. The summed E-state index contributed by atoms with van der Waals surface area (Å²) in [6.07, 6.45) is 0. The van der Waals surface area contributed by atoms with Crippen molar-refractivity contribution in [2.24, 2.45) is 0 Å². The van der Waals surface area contributed by atoms with E-state index >= 15 is 0 Å². The van der Waals surface area contributed by atoms with Gasteiger partial charge in [0.25, 0.3) is 5.91 Å². The van der Waals surface area contributed by atoms with Gasteiger partial charge in [0, 0.05) is 22.7 Å². The van der Waals surface area contributed by atoms with E-state index in [0.717, 1.165) is 5.56 Å². The highest BCUT2D eigenvalue weighted by atomic mass is 35.5. The number of carboxylic acids is 1. The third kappa shape index (κ3) is 2.65. The number of nitrogens with zero attached hydrogens (tertiary/aromatic N) is 2. The highest BCUT2D eigenvalue weighted by molar-refractivity contribution is 6.30. The molecule has 2 aromatic rings. The van der Waals surface area contributed by atoms with Crippen molar-refractivity contribution in [3.05, 3.63) is 69.7 Å². The molecule has 1 aliphatic rings. The SMILES string of the molecule is N#CC1c2cc(Cl)ccc2C(=O)N1Cc1ccc(C(=O)O)cc1. The highest BCUT2D eigenvalue weighted by Crippen LogP contribution is 2.35. The number of aromatic carboxylic acids is 1. The molecule has 0 bridgehead atoms. The van der Waals surface area contributed by atoms with Crippen LogP contribution in [0.4, 0.5) is 0 Å². The molecule has 0 saturated carbocycles. The first-order valence-electron chi connectivity index (χ1n) is 6.83. The molecule has 0 fully saturated rings. The molecule has 1 unspecified atom stereocenters. The van der Waals surface area contributed by atoms with Crippen LogP contribution in [0.1, 0.15) is 37.9 Å². The van der Waals surface area contributed by atoms with Crippen molar-refractivity contribution in [1.29, 1.82) is 5.26 Å². The lowest BCUT2D eigenvalue weighted by atomic mass is 10.1. The Hall–Kier alpha value is -2.84. The molecule has 3 rings (SSSR count). The van der Waals surface area contributed by atoms with Crippen LogP contribution in [0.2, 0.25) is 5.02 Å². The molecule has 1 heterocycles. The zero-order valence-electron chi connectivity index (χ0n) is 11.9. The molecule has 0 radical (unpaired) electrons. The quantitative estimate of drug-likeness (QED) is 0.938. The Kier molecular flexibility index (Phi) is 3.77. The number of carbonyl (C=O) groups is 2. The minimum atomic E-state index is -1.01. The van der Waals surface area contributed by atoms with Crippen molar-refractivity contribution in [3.8, 4) is 6.07 Å². The summed E-state index contributed by atoms with van der Waals surface area (Å²) in [5.41, 5.74) is 2.01. The number of hydrogen-bond acceptors (Lipinski definition) is 3. The van der Waals surface area contributed by atoms with Crippen LogP contribution in [0.5, 0.6) is 0 Å². The van der Waals surface area contributed by atoms with Gasteiger partial charge in [-0.25, -0.2) is 4.79 Å². The minimum Gasteiger partial charge on any atom is -0.478 e. The fraction of sp³-hybridized carbons (Fsp3) is 0.118. The Morgan fingerprint density at radius 1 is 1.26 bits per heavy atom. The normalized spacial score (nSPS) is 16.1. The topological polar surface area (TPSA) is 81.4 Å². The van der Waals surface area contributed by atoms with Crippen LogP contribution in [-0.2, 0) is 6.54 Å². The van der Waals surface area contributed by atoms with Gasteiger partial charge in [0.05, 0.1) is 11.6 Å². The molecule has 0 aromatic heterocycles. The maximum absolute atomic E-state index is 12.5. The molecule has 114 valence electrons. The van der Waals surface area contributed by atoms with Gasteiger partial charge < -0.3 is 10.0 Å². The highest BCUT2D eigenvalue weighted by Gasteiger charge is 2.36. The van der Waals surface area contributed by atoms with E-state index in [9.17, 15) is 14.9 Å². The van der Waals surface area contributed by atoms with Gasteiger partial charge in [0.1, 0.15) is 6.04 Å². The number of carboxylic acid groups (broad SMARTS) is 1. The van der Waals surface area contributed by atoms with E-state index in [0.29, 0.717) is 16.1 Å². The second-order valence-corrected chi connectivity index (χ2v) is 5.63. The number of halogens is 1. The second-order valence-electron chi connectivity index (χ2n) is 5.20. The number of nitriles is 1. The average molecular weight is 327 g/mol. The van der Waals surface area contributed by atoms with Crippen LogP contribution in [0, 0.1) is 11.3 Å². The third-order valence-electron chi connectivity index (χ3n) is 3.79. The van der Waals surface area contributed by atoms with Crippen molar-refractivity contribution in [2.75, 3.05) is 0 Å². The van der Waals surface area contributed by atoms with E-state index in [2.05, 4.69) is 6.07 Å². The monoisotopic (exact) mass is 326 g/mol. The van der Waals surface area contributed by atoms with Gasteiger partial charge in [-0.3, -0.25) is 4.79 Å². The molecule has 1 atom stereocenters. The first kappa shape index (κ1) is 15.1. The van der Waals surface area contributed by atoms with Gasteiger partial charge in [-0.2, -0.15) is 5.26 Å². The average Bonchev–Trinajstić information content (AvgIpc) is 2.79. The summed E-state index contributed by atoms with van der Waals surface area (Å²) in [5, 5.41) is 18.8. The number of hydrogen-bond donors (Lipinski definition) is 1. The fourth-order valence-corrected chi connectivity index (χ4v) is 2.83. The van der Waals surface area contributed by atoms with Crippen LogP contribution in [0.25, 0.3) is 0 Å².